The molecule has 0 spiro atoms. The second-order valence-electron chi connectivity index (χ2n) is 10.5. The summed E-state index contributed by atoms with van der Waals surface area (Å²) in [5.41, 5.74) is 4.14. The van der Waals surface area contributed by atoms with E-state index >= 15 is 0 Å². The number of thiazole rings is 1. The van der Waals surface area contributed by atoms with E-state index in [-0.39, 0.29) is 16.7 Å². The zero-order chi connectivity index (χ0) is 21.9. The average molecular weight is 428 g/mol. The zero-order valence-electron chi connectivity index (χ0n) is 19.4. The van der Waals surface area contributed by atoms with Gasteiger partial charge in [0.2, 0.25) is 5.91 Å². The lowest BCUT2D eigenvalue weighted by molar-refractivity contribution is -0.121. The average Bonchev–Trinajstić information content (AvgIpc) is 3.34. The molecule has 1 aromatic carbocycles. The fourth-order valence-corrected chi connectivity index (χ4v) is 4.68. The van der Waals surface area contributed by atoms with Crippen molar-refractivity contribution in [2.45, 2.75) is 84.1 Å². The van der Waals surface area contributed by atoms with Crippen LogP contribution in [0.1, 0.15) is 77.5 Å². The molecule has 1 N–H and O–H groups in total. The van der Waals surface area contributed by atoms with Gasteiger partial charge in [0.15, 0.2) is 5.13 Å². The van der Waals surface area contributed by atoms with Crippen molar-refractivity contribution in [2.75, 3.05) is 18.0 Å². The predicted octanol–water partition coefficient (Wildman–Crippen LogP) is 5.46. The molecule has 1 aliphatic rings. The summed E-state index contributed by atoms with van der Waals surface area (Å²) in [6.45, 7) is 15.2. The second-order valence-corrected chi connectivity index (χ2v) is 11.4. The zero-order valence-corrected chi connectivity index (χ0v) is 20.2. The molecule has 0 radical (unpaired) electrons. The first kappa shape index (κ1) is 22.8. The SMILES string of the molecule is CC(C)(C)c1cc(CCC(=O)NCC2CCCN2c2nccs2)cc(C(C)(C)C)c1. The number of carbonyl (C=O) groups excluding carboxylic acids is 1. The van der Waals surface area contributed by atoms with Crippen molar-refractivity contribution in [3.63, 3.8) is 0 Å². The third-order valence-electron chi connectivity index (χ3n) is 5.94. The Labute approximate surface area is 186 Å². The van der Waals surface area contributed by atoms with E-state index in [1.165, 1.54) is 16.7 Å². The van der Waals surface area contributed by atoms with Crippen molar-refractivity contribution in [2.24, 2.45) is 0 Å². The molecule has 1 amide bonds. The minimum absolute atomic E-state index is 0.0973. The van der Waals surface area contributed by atoms with E-state index in [9.17, 15) is 4.79 Å². The molecule has 0 bridgehead atoms. The molecule has 30 heavy (non-hydrogen) atoms. The summed E-state index contributed by atoms with van der Waals surface area (Å²) in [5.74, 6) is 0.138. The Balaban J connectivity index is 1.59. The van der Waals surface area contributed by atoms with Gasteiger partial charge in [0.05, 0.1) is 0 Å². The number of hydrogen-bond donors (Lipinski definition) is 1. The number of anilines is 1. The third kappa shape index (κ3) is 5.84. The van der Waals surface area contributed by atoms with Crippen molar-refractivity contribution in [3.8, 4) is 0 Å². The highest BCUT2D eigenvalue weighted by Gasteiger charge is 2.26. The molecule has 4 nitrogen and oxygen atoms in total. The Morgan fingerprint density at radius 3 is 2.37 bits per heavy atom. The first-order valence-electron chi connectivity index (χ1n) is 11.1. The molecule has 1 unspecified atom stereocenters. The maximum atomic E-state index is 12.6. The smallest absolute Gasteiger partial charge is 0.220 e. The van der Waals surface area contributed by atoms with E-state index in [2.05, 4.69) is 74.9 Å². The number of aromatic nitrogens is 1. The van der Waals surface area contributed by atoms with E-state index in [4.69, 9.17) is 0 Å². The molecule has 2 heterocycles. The van der Waals surface area contributed by atoms with E-state index in [0.717, 1.165) is 30.9 Å². The molecule has 2 aromatic rings. The number of amides is 1. The van der Waals surface area contributed by atoms with Crippen LogP contribution in [0.15, 0.2) is 29.8 Å². The summed E-state index contributed by atoms with van der Waals surface area (Å²) in [5, 5.41) is 6.26. The Bertz CT molecular complexity index is 814. The van der Waals surface area contributed by atoms with Gasteiger partial charge in [0.1, 0.15) is 0 Å². The Morgan fingerprint density at radius 1 is 1.13 bits per heavy atom. The lowest BCUT2D eigenvalue weighted by Gasteiger charge is -2.26. The highest BCUT2D eigenvalue weighted by molar-refractivity contribution is 7.13. The fourth-order valence-electron chi connectivity index (χ4n) is 3.94. The van der Waals surface area contributed by atoms with E-state index in [1.807, 2.05) is 11.6 Å². The van der Waals surface area contributed by atoms with Gasteiger partial charge >= 0.3 is 0 Å². The van der Waals surface area contributed by atoms with Gasteiger partial charge in [-0.15, -0.1) is 11.3 Å². The van der Waals surface area contributed by atoms with Crippen LogP contribution in [0.3, 0.4) is 0 Å². The number of nitrogens with one attached hydrogen (secondary N) is 1. The molecule has 1 aliphatic heterocycles. The van der Waals surface area contributed by atoms with Crippen LogP contribution in [0.25, 0.3) is 0 Å². The lowest BCUT2D eigenvalue weighted by atomic mass is 9.79. The minimum Gasteiger partial charge on any atom is -0.354 e. The molecular formula is C25H37N3OS. The Kier molecular flexibility index (Phi) is 6.91. The van der Waals surface area contributed by atoms with Crippen LogP contribution in [0.5, 0.6) is 0 Å². The topological polar surface area (TPSA) is 45.2 Å². The van der Waals surface area contributed by atoms with Gasteiger partial charge < -0.3 is 10.2 Å². The summed E-state index contributed by atoms with van der Waals surface area (Å²) in [4.78, 5) is 19.4. The van der Waals surface area contributed by atoms with Crippen molar-refractivity contribution in [3.05, 3.63) is 46.5 Å². The number of rotatable bonds is 6. The summed E-state index contributed by atoms with van der Waals surface area (Å²) in [7, 11) is 0. The molecule has 5 heteroatoms. The van der Waals surface area contributed by atoms with Crippen LogP contribution in [0, 0.1) is 0 Å². The lowest BCUT2D eigenvalue weighted by Crippen LogP contribution is -2.40. The van der Waals surface area contributed by atoms with Gasteiger partial charge in [0, 0.05) is 37.1 Å². The highest BCUT2D eigenvalue weighted by atomic mass is 32.1. The third-order valence-corrected chi connectivity index (χ3v) is 6.75. The van der Waals surface area contributed by atoms with Crippen LogP contribution in [-0.4, -0.2) is 30.0 Å². The second kappa shape index (κ2) is 9.09. The van der Waals surface area contributed by atoms with Crippen LogP contribution < -0.4 is 10.2 Å². The Hall–Kier alpha value is -1.88. The maximum Gasteiger partial charge on any atom is 0.220 e. The van der Waals surface area contributed by atoms with Gasteiger partial charge in [-0.25, -0.2) is 4.98 Å². The van der Waals surface area contributed by atoms with Crippen molar-refractivity contribution < 1.29 is 4.79 Å². The first-order valence-corrected chi connectivity index (χ1v) is 12.0. The van der Waals surface area contributed by atoms with Crippen LogP contribution in [-0.2, 0) is 22.0 Å². The van der Waals surface area contributed by atoms with Gasteiger partial charge in [0.25, 0.3) is 0 Å². The Morgan fingerprint density at radius 2 is 1.80 bits per heavy atom. The number of benzene rings is 1. The van der Waals surface area contributed by atoms with Crippen molar-refractivity contribution in [1.82, 2.24) is 10.3 Å². The molecule has 1 fully saturated rings. The van der Waals surface area contributed by atoms with Crippen molar-refractivity contribution >= 4 is 22.4 Å². The number of nitrogens with zero attached hydrogens (tertiary/aromatic N) is 2. The molecule has 164 valence electrons. The molecular weight excluding hydrogens is 390 g/mol. The largest absolute Gasteiger partial charge is 0.354 e. The standard InChI is InChI=1S/C25H37N3OS/c1-24(2,3)19-14-18(15-20(16-19)25(4,5)6)9-10-22(29)27-17-21-8-7-12-28(21)23-26-11-13-30-23/h11,13-16,21H,7-10,12,17H2,1-6H3,(H,27,29). The molecule has 1 saturated heterocycles. The summed E-state index contributed by atoms with van der Waals surface area (Å²) >= 11 is 1.67. The van der Waals surface area contributed by atoms with Crippen LogP contribution in [0.4, 0.5) is 5.13 Å². The van der Waals surface area contributed by atoms with E-state index < -0.39 is 0 Å². The van der Waals surface area contributed by atoms with Gasteiger partial charge in [-0.1, -0.05) is 59.7 Å². The quantitative estimate of drug-likeness (QED) is 0.666. The van der Waals surface area contributed by atoms with Crippen LogP contribution in [0.2, 0.25) is 0 Å². The van der Waals surface area contributed by atoms with Gasteiger partial charge in [-0.2, -0.15) is 0 Å². The maximum absolute atomic E-state index is 12.6. The highest BCUT2D eigenvalue weighted by Crippen LogP contribution is 2.31. The molecule has 0 aliphatic carbocycles. The first-order chi connectivity index (χ1) is 14.0. The van der Waals surface area contributed by atoms with Gasteiger partial charge in [-0.3, -0.25) is 4.79 Å². The fraction of sp³-hybridized carbons (Fsp3) is 0.600. The normalized spacial score (nSPS) is 17.4. The summed E-state index contributed by atoms with van der Waals surface area (Å²) in [6.07, 6.45) is 5.43. The molecule has 0 saturated carbocycles. The molecule has 3 rings (SSSR count). The minimum atomic E-state index is 0.0973. The summed E-state index contributed by atoms with van der Waals surface area (Å²) in [6, 6.07) is 7.25. The van der Waals surface area contributed by atoms with E-state index in [1.54, 1.807) is 11.3 Å². The van der Waals surface area contributed by atoms with E-state index in [0.29, 0.717) is 19.0 Å². The molecule has 1 atom stereocenters. The van der Waals surface area contributed by atoms with Gasteiger partial charge in [-0.05, 0) is 46.8 Å². The number of aryl methyl sites for hydroxylation is 1. The van der Waals surface area contributed by atoms with Crippen LogP contribution >= 0.6 is 11.3 Å². The monoisotopic (exact) mass is 427 g/mol. The summed E-state index contributed by atoms with van der Waals surface area (Å²) < 4.78 is 0. The van der Waals surface area contributed by atoms with Crippen molar-refractivity contribution in [1.29, 1.82) is 0 Å². The number of carbonyl (C=O) groups is 1. The molecule has 1 aromatic heterocycles. The predicted molar refractivity (Wildman–Crippen MR) is 128 cm³/mol. The number of hydrogen-bond acceptors (Lipinski definition) is 4.